The van der Waals surface area contributed by atoms with Crippen molar-refractivity contribution in [3.05, 3.63) is 24.3 Å². The normalized spacial score (nSPS) is 15.7. The van der Waals surface area contributed by atoms with Crippen molar-refractivity contribution in [3.8, 4) is 0 Å². The zero-order chi connectivity index (χ0) is 8.10. The lowest BCUT2D eigenvalue weighted by atomic mass is 10.1. The highest BCUT2D eigenvalue weighted by Crippen LogP contribution is 2.12. The van der Waals surface area contributed by atoms with Gasteiger partial charge in [-0.3, -0.25) is 4.79 Å². The molecule has 1 aliphatic carbocycles. The Kier molecular flexibility index (Phi) is 2.90. The first-order valence-corrected chi connectivity index (χ1v) is 3.77. The van der Waals surface area contributed by atoms with Crippen LogP contribution in [0.4, 0.5) is 0 Å². The zero-order valence-corrected chi connectivity index (χ0v) is 6.62. The van der Waals surface area contributed by atoms with Crippen LogP contribution >= 0.6 is 0 Å². The second-order valence-electron chi connectivity index (χ2n) is 2.56. The molecule has 0 radical (unpaired) electrons. The maximum absolute atomic E-state index is 10.4. The third-order valence-electron chi connectivity index (χ3n) is 1.58. The number of rotatable bonds is 3. The Balaban J connectivity index is 2.08. The molecule has 0 aromatic heterocycles. The molecule has 11 heavy (non-hydrogen) atoms. The molecule has 0 unspecified atom stereocenters. The van der Waals surface area contributed by atoms with E-state index in [0.717, 1.165) is 6.42 Å². The standard InChI is InChI=1S/C9H12O2/c1-8(10)11-7-6-9-4-2-3-5-9/h2-5,9H,6-7H2,1H3. The van der Waals surface area contributed by atoms with Gasteiger partial charge in [0.25, 0.3) is 0 Å². The van der Waals surface area contributed by atoms with Crippen LogP contribution in [0.25, 0.3) is 0 Å². The van der Waals surface area contributed by atoms with Gasteiger partial charge in [-0.1, -0.05) is 24.3 Å². The van der Waals surface area contributed by atoms with E-state index in [2.05, 4.69) is 12.2 Å². The molecule has 0 aromatic carbocycles. The Bertz CT molecular complexity index is 180. The van der Waals surface area contributed by atoms with Crippen molar-refractivity contribution < 1.29 is 9.53 Å². The van der Waals surface area contributed by atoms with Gasteiger partial charge in [0.2, 0.25) is 0 Å². The Morgan fingerprint density at radius 1 is 1.45 bits per heavy atom. The number of hydrogen-bond donors (Lipinski definition) is 0. The maximum atomic E-state index is 10.4. The van der Waals surface area contributed by atoms with Crippen LogP contribution in [-0.2, 0) is 9.53 Å². The SMILES string of the molecule is CC(=O)OCCC1C=CC=C1. The molecule has 0 saturated heterocycles. The van der Waals surface area contributed by atoms with Gasteiger partial charge in [0.15, 0.2) is 0 Å². The van der Waals surface area contributed by atoms with Gasteiger partial charge in [0.05, 0.1) is 6.61 Å². The molecule has 0 N–H and O–H groups in total. The van der Waals surface area contributed by atoms with Gasteiger partial charge in [-0.05, 0) is 12.3 Å². The molecule has 0 atom stereocenters. The molecule has 2 heteroatoms. The van der Waals surface area contributed by atoms with Gasteiger partial charge >= 0.3 is 5.97 Å². The molecule has 60 valence electrons. The van der Waals surface area contributed by atoms with Crippen molar-refractivity contribution >= 4 is 5.97 Å². The van der Waals surface area contributed by atoms with E-state index in [4.69, 9.17) is 4.74 Å². The molecular formula is C9H12O2. The van der Waals surface area contributed by atoms with Crippen LogP contribution in [0.2, 0.25) is 0 Å². The van der Waals surface area contributed by atoms with Crippen molar-refractivity contribution in [1.29, 1.82) is 0 Å². The quantitative estimate of drug-likeness (QED) is 0.575. The number of allylic oxidation sites excluding steroid dienone is 4. The maximum Gasteiger partial charge on any atom is 0.302 e. The predicted molar refractivity (Wildman–Crippen MR) is 43.0 cm³/mol. The lowest BCUT2D eigenvalue weighted by molar-refractivity contribution is -0.141. The fourth-order valence-electron chi connectivity index (χ4n) is 1.01. The number of ether oxygens (including phenoxy) is 1. The summed E-state index contributed by atoms with van der Waals surface area (Å²) in [5, 5.41) is 0. The monoisotopic (exact) mass is 152 g/mol. The molecular weight excluding hydrogens is 140 g/mol. The Labute approximate surface area is 66.5 Å². The van der Waals surface area contributed by atoms with E-state index in [1.54, 1.807) is 0 Å². The summed E-state index contributed by atoms with van der Waals surface area (Å²) in [5.74, 6) is 0.269. The summed E-state index contributed by atoms with van der Waals surface area (Å²) in [5.41, 5.74) is 0. The smallest absolute Gasteiger partial charge is 0.302 e. The molecule has 0 spiro atoms. The van der Waals surface area contributed by atoms with E-state index < -0.39 is 0 Å². The molecule has 0 heterocycles. The third-order valence-corrected chi connectivity index (χ3v) is 1.58. The number of esters is 1. The van der Waals surface area contributed by atoms with E-state index >= 15 is 0 Å². The predicted octanol–water partition coefficient (Wildman–Crippen LogP) is 1.68. The van der Waals surface area contributed by atoms with Crippen LogP contribution in [0.15, 0.2) is 24.3 Å². The minimum Gasteiger partial charge on any atom is -0.466 e. The molecule has 1 aliphatic rings. The first-order chi connectivity index (χ1) is 5.29. The minimum atomic E-state index is -0.198. The highest BCUT2D eigenvalue weighted by molar-refractivity contribution is 5.65. The van der Waals surface area contributed by atoms with Crippen LogP contribution in [-0.4, -0.2) is 12.6 Å². The highest BCUT2D eigenvalue weighted by Gasteiger charge is 2.03. The summed E-state index contributed by atoms with van der Waals surface area (Å²) in [6.45, 7) is 1.95. The van der Waals surface area contributed by atoms with E-state index in [0.29, 0.717) is 12.5 Å². The van der Waals surface area contributed by atoms with E-state index in [1.807, 2.05) is 12.2 Å². The summed E-state index contributed by atoms with van der Waals surface area (Å²) in [7, 11) is 0. The first kappa shape index (κ1) is 8.05. The average Bonchev–Trinajstić information content (AvgIpc) is 2.39. The van der Waals surface area contributed by atoms with E-state index in [9.17, 15) is 4.79 Å². The zero-order valence-electron chi connectivity index (χ0n) is 6.62. The van der Waals surface area contributed by atoms with Crippen LogP contribution in [0.3, 0.4) is 0 Å². The van der Waals surface area contributed by atoms with Gasteiger partial charge < -0.3 is 4.74 Å². The number of carbonyl (C=O) groups excluding carboxylic acids is 1. The summed E-state index contributed by atoms with van der Waals surface area (Å²) in [6, 6.07) is 0. The topological polar surface area (TPSA) is 26.3 Å². The molecule has 0 aliphatic heterocycles. The molecule has 0 fully saturated rings. The van der Waals surface area contributed by atoms with Gasteiger partial charge in [-0.25, -0.2) is 0 Å². The lowest BCUT2D eigenvalue weighted by Crippen LogP contribution is -2.03. The number of carbonyl (C=O) groups is 1. The van der Waals surface area contributed by atoms with Crippen LogP contribution in [0.1, 0.15) is 13.3 Å². The average molecular weight is 152 g/mol. The summed E-state index contributed by atoms with van der Waals surface area (Å²) < 4.78 is 4.80. The summed E-state index contributed by atoms with van der Waals surface area (Å²) in [6.07, 6.45) is 9.12. The summed E-state index contributed by atoms with van der Waals surface area (Å²) in [4.78, 5) is 10.4. The fourth-order valence-corrected chi connectivity index (χ4v) is 1.01. The van der Waals surface area contributed by atoms with Crippen LogP contribution < -0.4 is 0 Å². The highest BCUT2D eigenvalue weighted by atomic mass is 16.5. The van der Waals surface area contributed by atoms with Crippen molar-refractivity contribution in [1.82, 2.24) is 0 Å². The Morgan fingerprint density at radius 3 is 2.64 bits per heavy atom. The Morgan fingerprint density at radius 2 is 2.09 bits per heavy atom. The van der Waals surface area contributed by atoms with Crippen molar-refractivity contribution in [2.45, 2.75) is 13.3 Å². The summed E-state index contributed by atoms with van der Waals surface area (Å²) >= 11 is 0. The van der Waals surface area contributed by atoms with Gasteiger partial charge in [-0.15, -0.1) is 0 Å². The van der Waals surface area contributed by atoms with Gasteiger partial charge in [0, 0.05) is 6.92 Å². The second kappa shape index (κ2) is 3.96. The van der Waals surface area contributed by atoms with Crippen LogP contribution in [0, 0.1) is 5.92 Å². The second-order valence-corrected chi connectivity index (χ2v) is 2.56. The Hall–Kier alpha value is -1.05. The molecule has 0 saturated carbocycles. The van der Waals surface area contributed by atoms with Crippen molar-refractivity contribution in [3.63, 3.8) is 0 Å². The lowest BCUT2D eigenvalue weighted by Gasteiger charge is -2.04. The van der Waals surface area contributed by atoms with Gasteiger partial charge in [0.1, 0.15) is 0 Å². The first-order valence-electron chi connectivity index (χ1n) is 3.77. The molecule has 0 amide bonds. The van der Waals surface area contributed by atoms with Gasteiger partial charge in [-0.2, -0.15) is 0 Å². The van der Waals surface area contributed by atoms with E-state index in [1.165, 1.54) is 6.92 Å². The van der Waals surface area contributed by atoms with E-state index in [-0.39, 0.29) is 5.97 Å². The molecule has 0 aromatic rings. The largest absolute Gasteiger partial charge is 0.466 e. The fraction of sp³-hybridized carbons (Fsp3) is 0.444. The minimum absolute atomic E-state index is 0.198. The third kappa shape index (κ3) is 3.03. The van der Waals surface area contributed by atoms with Crippen molar-refractivity contribution in [2.24, 2.45) is 5.92 Å². The van der Waals surface area contributed by atoms with Crippen molar-refractivity contribution in [2.75, 3.05) is 6.61 Å². The number of hydrogen-bond acceptors (Lipinski definition) is 2. The molecule has 2 nitrogen and oxygen atoms in total. The molecule has 1 rings (SSSR count). The molecule has 0 bridgehead atoms. The van der Waals surface area contributed by atoms with Crippen LogP contribution in [0.5, 0.6) is 0 Å².